The number of benzene rings is 2. The molecule has 0 spiro atoms. The highest BCUT2D eigenvalue weighted by molar-refractivity contribution is 5.58. The molecule has 138 valence electrons. The molecule has 0 radical (unpaired) electrons. The lowest BCUT2D eigenvalue weighted by atomic mass is 10.2. The highest BCUT2D eigenvalue weighted by Crippen LogP contribution is 2.19. The third-order valence-electron chi connectivity index (χ3n) is 4.88. The minimum Gasteiger partial charge on any atom is -0.353 e. The molecule has 0 saturated carbocycles. The molecule has 0 unspecified atom stereocenters. The van der Waals surface area contributed by atoms with E-state index in [0.717, 1.165) is 49.8 Å². The summed E-state index contributed by atoms with van der Waals surface area (Å²) in [5.41, 5.74) is 3.52. The summed E-state index contributed by atoms with van der Waals surface area (Å²) in [6.45, 7) is 6.96. The molecule has 1 aromatic heterocycles. The van der Waals surface area contributed by atoms with Crippen molar-refractivity contribution in [1.82, 2.24) is 20.1 Å². The maximum atomic E-state index is 4.66. The fourth-order valence-electron chi connectivity index (χ4n) is 3.31. The molecule has 0 bridgehead atoms. The van der Waals surface area contributed by atoms with Crippen molar-refractivity contribution in [2.24, 2.45) is 0 Å². The number of nitrogens with zero attached hydrogens (tertiary/aromatic N) is 5. The molecular formula is C21H24N6. The highest BCUT2D eigenvalue weighted by Gasteiger charge is 2.19. The molecule has 1 saturated heterocycles. The summed E-state index contributed by atoms with van der Waals surface area (Å²) in [5.74, 6) is 1.41. The van der Waals surface area contributed by atoms with Gasteiger partial charge in [-0.25, -0.2) is 0 Å². The summed E-state index contributed by atoms with van der Waals surface area (Å²) < 4.78 is 0. The van der Waals surface area contributed by atoms with Crippen LogP contribution in [-0.2, 0) is 6.54 Å². The largest absolute Gasteiger partial charge is 0.353 e. The van der Waals surface area contributed by atoms with Crippen molar-refractivity contribution in [2.45, 2.75) is 13.5 Å². The molecule has 1 N–H and O–H groups in total. The second-order valence-electron chi connectivity index (χ2n) is 6.83. The average Bonchev–Trinajstić information content (AvgIpc) is 2.71. The SMILES string of the molecule is Cc1ccccc1Nc1nncc(N2CCN(Cc3ccccc3)CC2)n1. The van der Waals surface area contributed by atoms with Gasteiger partial charge in [0, 0.05) is 38.4 Å². The summed E-state index contributed by atoms with van der Waals surface area (Å²) in [5, 5.41) is 11.5. The molecule has 2 aromatic carbocycles. The number of hydrogen-bond donors (Lipinski definition) is 1. The van der Waals surface area contributed by atoms with Crippen LogP contribution in [0, 0.1) is 6.92 Å². The van der Waals surface area contributed by atoms with Crippen molar-refractivity contribution in [3.8, 4) is 0 Å². The zero-order valence-electron chi connectivity index (χ0n) is 15.5. The zero-order chi connectivity index (χ0) is 18.5. The molecule has 6 nitrogen and oxygen atoms in total. The quantitative estimate of drug-likeness (QED) is 0.754. The standard InChI is InChI=1S/C21H24N6/c1-17-7-5-6-10-19(17)23-21-24-20(15-22-25-21)27-13-11-26(12-14-27)16-18-8-3-2-4-9-18/h2-10,15H,11-14,16H2,1H3,(H,23,24,25). The molecule has 1 aliphatic heterocycles. The van der Waals surface area contributed by atoms with Gasteiger partial charge in [-0.1, -0.05) is 48.5 Å². The fraction of sp³-hybridized carbons (Fsp3) is 0.286. The summed E-state index contributed by atoms with van der Waals surface area (Å²) in [4.78, 5) is 9.42. The second kappa shape index (κ2) is 8.14. The van der Waals surface area contributed by atoms with Gasteiger partial charge in [0.2, 0.25) is 5.95 Å². The van der Waals surface area contributed by atoms with Crippen molar-refractivity contribution < 1.29 is 0 Å². The van der Waals surface area contributed by atoms with E-state index in [1.54, 1.807) is 6.20 Å². The van der Waals surface area contributed by atoms with Crippen molar-refractivity contribution in [2.75, 3.05) is 36.4 Å². The van der Waals surface area contributed by atoms with Crippen LogP contribution in [0.2, 0.25) is 0 Å². The first-order valence-corrected chi connectivity index (χ1v) is 9.31. The van der Waals surface area contributed by atoms with E-state index in [-0.39, 0.29) is 0 Å². The van der Waals surface area contributed by atoms with E-state index < -0.39 is 0 Å². The van der Waals surface area contributed by atoms with E-state index in [1.807, 2.05) is 18.2 Å². The fourth-order valence-corrected chi connectivity index (χ4v) is 3.31. The highest BCUT2D eigenvalue weighted by atomic mass is 15.3. The van der Waals surface area contributed by atoms with Crippen molar-refractivity contribution in [1.29, 1.82) is 0 Å². The summed E-state index contributed by atoms with van der Waals surface area (Å²) in [6, 6.07) is 18.7. The number of anilines is 3. The maximum Gasteiger partial charge on any atom is 0.249 e. The Hall–Kier alpha value is -2.99. The van der Waals surface area contributed by atoms with Gasteiger partial charge >= 0.3 is 0 Å². The Bertz CT molecular complexity index is 875. The van der Waals surface area contributed by atoms with Gasteiger partial charge in [0.1, 0.15) is 0 Å². The first-order chi connectivity index (χ1) is 13.3. The van der Waals surface area contributed by atoms with Gasteiger partial charge in [0.15, 0.2) is 5.82 Å². The van der Waals surface area contributed by atoms with Crippen LogP contribution in [0.5, 0.6) is 0 Å². The van der Waals surface area contributed by atoms with Gasteiger partial charge in [0.25, 0.3) is 0 Å². The number of hydrogen-bond acceptors (Lipinski definition) is 6. The average molecular weight is 360 g/mol. The normalized spacial score (nSPS) is 14.9. The van der Waals surface area contributed by atoms with Gasteiger partial charge < -0.3 is 10.2 Å². The van der Waals surface area contributed by atoms with E-state index in [9.17, 15) is 0 Å². The van der Waals surface area contributed by atoms with E-state index in [0.29, 0.717) is 5.95 Å². The Morgan fingerprint density at radius 3 is 2.44 bits per heavy atom. The van der Waals surface area contributed by atoms with Crippen LogP contribution in [0.3, 0.4) is 0 Å². The summed E-state index contributed by atoms with van der Waals surface area (Å²) >= 11 is 0. The number of rotatable bonds is 5. The minimum absolute atomic E-state index is 0.536. The van der Waals surface area contributed by atoms with Crippen molar-refractivity contribution in [3.63, 3.8) is 0 Å². The van der Waals surface area contributed by atoms with Gasteiger partial charge in [-0.3, -0.25) is 4.90 Å². The molecule has 1 fully saturated rings. The molecule has 0 atom stereocenters. The Labute approximate surface area is 159 Å². The summed E-state index contributed by atoms with van der Waals surface area (Å²) in [7, 11) is 0. The zero-order valence-corrected chi connectivity index (χ0v) is 15.5. The Morgan fingerprint density at radius 1 is 0.926 bits per heavy atom. The maximum absolute atomic E-state index is 4.66. The van der Waals surface area contributed by atoms with E-state index in [4.69, 9.17) is 0 Å². The Morgan fingerprint density at radius 2 is 1.67 bits per heavy atom. The molecule has 6 heteroatoms. The molecule has 27 heavy (non-hydrogen) atoms. The predicted octanol–water partition coefficient (Wildman–Crippen LogP) is 3.25. The smallest absolute Gasteiger partial charge is 0.249 e. The number of nitrogens with one attached hydrogen (secondary N) is 1. The van der Waals surface area contributed by atoms with E-state index in [2.05, 4.69) is 73.6 Å². The third-order valence-corrected chi connectivity index (χ3v) is 4.88. The van der Waals surface area contributed by atoms with Crippen LogP contribution in [0.25, 0.3) is 0 Å². The predicted molar refractivity (Wildman–Crippen MR) is 108 cm³/mol. The van der Waals surface area contributed by atoms with Crippen molar-refractivity contribution in [3.05, 3.63) is 71.9 Å². The molecule has 2 heterocycles. The monoisotopic (exact) mass is 360 g/mol. The molecule has 4 rings (SSSR count). The summed E-state index contributed by atoms with van der Waals surface area (Å²) in [6.07, 6.45) is 1.75. The lowest BCUT2D eigenvalue weighted by Gasteiger charge is -2.35. The van der Waals surface area contributed by atoms with Crippen LogP contribution < -0.4 is 10.2 Å². The molecule has 0 amide bonds. The lowest BCUT2D eigenvalue weighted by Crippen LogP contribution is -2.46. The van der Waals surface area contributed by atoms with Gasteiger partial charge in [0.05, 0.1) is 6.20 Å². The lowest BCUT2D eigenvalue weighted by molar-refractivity contribution is 0.249. The number of piperazine rings is 1. The molecule has 1 aliphatic rings. The topological polar surface area (TPSA) is 57.2 Å². The van der Waals surface area contributed by atoms with Crippen LogP contribution in [0.4, 0.5) is 17.5 Å². The molecular weight excluding hydrogens is 336 g/mol. The molecule has 0 aliphatic carbocycles. The van der Waals surface area contributed by atoms with Crippen LogP contribution in [0.15, 0.2) is 60.8 Å². The van der Waals surface area contributed by atoms with E-state index >= 15 is 0 Å². The molecule has 3 aromatic rings. The van der Waals surface area contributed by atoms with Crippen LogP contribution >= 0.6 is 0 Å². The van der Waals surface area contributed by atoms with Crippen LogP contribution in [0.1, 0.15) is 11.1 Å². The van der Waals surface area contributed by atoms with Gasteiger partial charge in [-0.2, -0.15) is 10.1 Å². The number of para-hydroxylation sites is 1. The van der Waals surface area contributed by atoms with Gasteiger partial charge in [-0.05, 0) is 24.1 Å². The second-order valence-corrected chi connectivity index (χ2v) is 6.83. The third kappa shape index (κ3) is 4.41. The van der Waals surface area contributed by atoms with Crippen LogP contribution in [-0.4, -0.2) is 46.3 Å². The van der Waals surface area contributed by atoms with Gasteiger partial charge in [-0.15, -0.1) is 5.10 Å². The minimum atomic E-state index is 0.536. The first-order valence-electron chi connectivity index (χ1n) is 9.31. The Balaban J connectivity index is 1.38. The first kappa shape index (κ1) is 17.4. The number of aromatic nitrogens is 3. The van der Waals surface area contributed by atoms with E-state index in [1.165, 1.54) is 5.56 Å². The van der Waals surface area contributed by atoms with Crippen molar-refractivity contribution >= 4 is 17.5 Å². The number of aryl methyl sites for hydroxylation is 1. The Kier molecular flexibility index (Phi) is 5.25.